The SMILES string of the molecule is CCCCNC1COc2cc(O)ccc21. The Hall–Kier alpha value is -1.22. The van der Waals surface area contributed by atoms with Gasteiger partial charge >= 0.3 is 0 Å². The number of phenols is 1. The number of nitrogens with one attached hydrogen (secondary N) is 1. The summed E-state index contributed by atoms with van der Waals surface area (Å²) in [5.41, 5.74) is 1.16. The van der Waals surface area contributed by atoms with Crippen LogP contribution in [0.3, 0.4) is 0 Å². The van der Waals surface area contributed by atoms with Crippen molar-refractivity contribution in [2.24, 2.45) is 0 Å². The summed E-state index contributed by atoms with van der Waals surface area (Å²) in [6.07, 6.45) is 2.38. The van der Waals surface area contributed by atoms with E-state index in [1.165, 1.54) is 12.8 Å². The lowest BCUT2D eigenvalue weighted by molar-refractivity contribution is 0.310. The largest absolute Gasteiger partial charge is 0.508 e. The van der Waals surface area contributed by atoms with Gasteiger partial charge in [-0.15, -0.1) is 0 Å². The van der Waals surface area contributed by atoms with Crippen molar-refractivity contribution in [3.8, 4) is 11.5 Å². The van der Waals surface area contributed by atoms with Gasteiger partial charge in [0.15, 0.2) is 0 Å². The molecular formula is C12H17NO2. The second-order valence-corrected chi connectivity index (χ2v) is 3.89. The van der Waals surface area contributed by atoms with Crippen LogP contribution in [-0.4, -0.2) is 18.3 Å². The number of unbranched alkanes of at least 4 members (excludes halogenated alkanes) is 1. The van der Waals surface area contributed by atoms with Crippen LogP contribution in [0.15, 0.2) is 18.2 Å². The molecular weight excluding hydrogens is 190 g/mol. The van der Waals surface area contributed by atoms with Crippen molar-refractivity contribution < 1.29 is 9.84 Å². The zero-order valence-electron chi connectivity index (χ0n) is 8.99. The maximum absolute atomic E-state index is 9.30. The molecule has 1 unspecified atom stereocenters. The van der Waals surface area contributed by atoms with Gasteiger partial charge in [-0.2, -0.15) is 0 Å². The van der Waals surface area contributed by atoms with Crippen LogP contribution in [0.25, 0.3) is 0 Å². The van der Waals surface area contributed by atoms with E-state index >= 15 is 0 Å². The van der Waals surface area contributed by atoms with Gasteiger partial charge in [0.05, 0.1) is 6.04 Å². The van der Waals surface area contributed by atoms with Crippen LogP contribution < -0.4 is 10.1 Å². The monoisotopic (exact) mass is 207 g/mol. The van der Waals surface area contributed by atoms with Crippen LogP contribution in [-0.2, 0) is 0 Å². The summed E-state index contributed by atoms with van der Waals surface area (Å²) in [6, 6.07) is 5.60. The summed E-state index contributed by atoms with van der Waals surface area (Å²) in [5, 5.41) is 12.7. The van der Waals surface area contributed by atoms with Crippen molar-refractivity contribution in [2.75, 3.05) is 13.2 Å². The van der Waals surface area contributed by atoms with Gasteiger partial charge in [0.1, 0.15) is 18.1 Å². The number of ether oxygens (including phenoxy) is 1. The summed E-state index contributed by atoms with van der Waals surface area (Å²) < 4.78 is 5.50. The van der Waals surface area contributed by atoms with Crippen molar-refractivity contribution in [3.05, 3.63) is 23.8 Å². The molecule has 1 aliphatic rings. The first kappa shape index (κ1) is 10.3. The first-order valence-electron chi connectivity index (χ1n) is 5.50. The lowest BCUT2D eigenvalue weighted by Gasteiger charge is -2.10. The third kappa shape index (κ3) is 2.23. The Kier molecular flexibility index (Phi) is 3.11. The molecule has 1 aromatic rings. The van der Waals surface area contributed by atoms with Crippen LogP contribution >= 0.6 is 0 Å². The highest BCUT2D eigenvalue weighted by molar-refractivity contribution is 5.44. The number of hydrogen-bond acceptors (Lipinski definition) is 3. The maximum Gasteiger partial charge on any atom is 0.127 e. The zero-order valence-corrected chi connectivity index (χ0v) is 8.99. The molecule has 0 amide bonds. The highest BCUT2D eigenvalue weighted by Crippen LogP contribution is 2.34. The first-order valence-corrected chi connectivity index (χ1v) is 5.50. The third-order valence-corrected chi connectivity index (χ3v) is 2.70. The van der Waals surface area contributed by atoms with Gasteiger partial charge in [0.25, 0.3) is 0 Å². The van der Waals surface area contributed by atoms with Crippen molar-refractivity contribution >= 4 is 0 Å². The summed E-state index contributed by atoms with van der Waals surface area (Å²) >= 11 is 0. The van der Waals surface area contributed by atoms with Gasteiger partial charge in [-0.3, -0.25) is 0 Å². The minimum absolute atomic E-state index is 0.267. The van der Waals surface area contributed by atoms with E-state index in [-0.39, 0.29) is 11.8 Å². The smallest absolute Gasteiger partial charge is 0.127 e. The van der Waals surface area contributed by atoms with Gasteiger partial charge in [-0.1, -0.05) is 13.3 Å². The summed E-state index contributed by atoms with van der Waals surface area (Å²) in [6.45, 7) is 3.87. The van der Waals surface area contributed by atoms with Crippen molar-refractivity contribution in [1.29, 1.82) is 0 Å². The predicted molar refractivity (Wildman–Crippen MR) is 59.3 cm³/mol. The quantitative estimate of drug-likeness (QED) is 0.744. The topological polar surface area (TPSA) is 41.5 Å². The lowest BCUT2D eigenvalue weighted by Crippen LogP contribution is -2.23. The lowest BCUT2D eigenvalue weighted by atomic mass is 10.1. The summed E-state index contributed by atoms with van der Waals surface area (Å²) in [7, 11) is 0. The average molecular weight is 207 g/mol. The Balaban J connectivity index is 2.02. The fraction of sp³-hybridized carbons (Fsp3) is 0.500. The van der Waals surface area contributed by atoms with Gasteiger partial charge in [0.2, 0.25) is 0 Å². The Bertz CT molecular complexity index is 338. The predicted octanol–water partition coefficient (Wildman–Crippen LogP) is 2.22. The molecule has 2 N–H and O–H groups in total. The van der Waals surface area contributed by atoms with Crippen LogP contribution in [0.2, 0.25) is 0 Å². The van der Waals surface area contributed by atoms with E-state index in [2.05, 4.69) is 12.2 Å². The van der Waals surface area contributed by atoms with E-state index in [4.69, 9.17) is 4.74 Å². The normalized spacial score (nSPS) is 18.6. The van der Waals surface area contributed by atoms with Crippen molar-refractivity contribution in [2.45, 2.75) is 25.8 Å². The molecule has 1 heterocycles. The van der Waals surface area contributed by atoms with Gasteiger partial charge in [-0.25, -0.2) is 0 Å². The number of rotatable bonds is 4. The molecule has 0 radical (unpaired) electrons. The minimum Gasteiger partial charge on any atom is -0.508 e. The van der Waals surface area contributed by atoms with Gasteiger partial charge in [0, 0.05) is 11.6 Å². The molecule has 82 valence electrons. The number of aromatic hydroxyl groups is 1. The maximum atomic E-state index is 9.30. The summed E-state index contributed by atoms with van der Waals surface area (Å²) in [5.74, 6) is 1.08. The Morgan fingerprint density at radius 3 is 3.20 bits per heavy atom. The fourth-order valence-corrected chi connectivity index (χ4v) is 1.82. The zero-order chi connectivity index (χ0) is 10.7. The Morgan fingerprint density at radius 2 is 2.40 bits per heavy atom. The average Bonchev–Trinajstić information content (AvgIpc) is 2.61. The van der Waals surface area contributed by atoms with E-state index in [0.29, 0.717) is 6.61 Å². The second-order valence-electron chi connectivity index (χ2n) is 3.89. The van der Waals surface area contributed by atoms with E-state index < -0.39 is 0 Å². The van der Waals surface area contributed by atoms with E-state index in [1.54, 1.807) is 12.1 Å². The molecule has 0 bridgehead atoms. The fourth-order valence-electron chi connectivity index (χ4n) is 1.82. The molecule has 3 heteroatoms. The molecule has 0 aliphatic carbocycles. The highest BCUT2D eigenvalue weighted by Gasteiger charge is 2.23. The molecule has 0 fully saturated rings. The second kappa shape index (κ2) is 4.53. The number of hydrogen-bond donors (Lipinski definition) is 2. The molecule has 1 aliphatic heterocycles. The minimum atomic E-state index is 0.267. The van der Waals surface area contributed by atoms with E-state index in [1.807, 2.05) is 6.07 Å². The molecule has 2 rings (SSSR count). The van der Waals surface area contributed by atoms with Crippen LogP contribution in [0.5, 0.6) is 11.5 Å². The van der Waals surface area contributed by atoms with Gasteiger partial charge in [-0.05, 0) is 25.1 Å². The molecule has 3 nitrogen and oxygen atoms in total. The van der Waals surface area contributed by atoms with E-state index in [9.17, 15) is 5.11 Å². The highest BCUT2D eigenvalue weighted by atomic mass is 16.5. The molecule has 0 saturated heterocycles. The van der Waals surface area contributed by atoms with E-state index in [0.717, 1.165) is 17.9 Å². The molecule has 0 spiro atoms. The van der Waals surface area contributed by atoms with Crippen molar-refractivity contribution in [3.63, 3.8) is 0 Å². The molecule has 15 heavy (non-hydrogen) atoms. The van der Waals surface area contributed by atoms with Crippen LogP contribution in [0, 0.1) is 0 Å². The number of fused-ring (bicyclic) bond motifs is 1. The standard InChI is InChI=1S/C12H17NO2/c1-2-3-6-13-11-8-15-12-7-9(14)4-5-10(11)12/h4-5,7,11,13-14H,2-3,6,8H2,1H3. The molecule has 0 saturated carbocycles. The van der Waals surface area contributed by atoms with Crippen LogP contribution in [0.4, 0.5) is 0 Å². The van der Waals surface area contributed by atoms with Gasteiger partial charge < -0.3 is 15.2 Å². The van der Waals surface area contributed by atoms with Crippen LogP contribution in [0.1, 0.15) is 31.4 Å². The number of benzene rings is 1. The molecule has 0 aromatic heterocycles. The Morgan fingerprint density at radius 1 is 1.53 bits per heavy atom. The Labute approximate surface area is 90.1 Å². The third-order valence-electron chi connectivity index (χ3n) is 2.70. The first-order chi connectivity index (χ1) is 7.31. The molecule has 1 atom stereocenters. The summed E-state index contributed by atoms with van der Waals surface area (Å²) in [4.78, 5) is 0. The molecule has 1 aromatic carbocycles. The van der Waals surface area contributed by atoms with Crippen molar-refractivity contribution in [1.82, 2.24) is 5.32 Å². The number of phenolic OH excluding ortho intramolecular Hbond substituents is 1.